The quantitative estimate of drug-likeness (QED) is 0.461. The Balaban J connectivity index is 1.54. The highest BCUT2D eigenvalue weighted by Gasteiger charge is 2.61. The number of hydrogen-bond acceptors (Lipinski definition) is 1. The van der Waals surface area contributed by atoms with Gasteiger partial charge in [0, 0.05) is 5.92 Å². The van der Waals surface area contributed by atoms with Gasteiger partial charge in [0.1, 0.15) is 0 Å². The predicted molar refractivity (Wildman–Crippen MR) is 123 cm³/mol. The maximum atomic E-state index is 13.5. The molecule has 29 heavy (non-hydrogen) atoms. The van der Waals surface area contributed by atoms with Crippen molar-refractivity contribution in [2.75, 3.05) is 0 Å². The maximum absolute atomic E-state index is 13.5. The first-order valence-corrected chi connectivity index (χ1v) is 12.9. The lowest BCUT2D eigenvalue weighted by atomic mass is 9.46. The van der Waals surface area contributed by atoms with E-state index < -0.39 is 0 Å². The van der Waals surface area contributed by atoms with Crippen LogP contribution in [0.3, 0.4) is 0 Å². The Hall–Kier alpha value is -0.590. The van der Waals surface area contributed by atoms with E-state index in [-0.39, 0.29) is 0 Å². The van der Waals surface area contributed by atoms with E-state index in [2.05, 4.69) is 47.6 Å². The van der Waals surface area contributed by atoms with Crippen molar-refractivity contribution in [3.05, 3.63) is 11.6 Å². The second-order valence-electron chi connectivity index (χ2n) is 12.6. The van der Waals surface area contributed by atoms with Gasteiger partial charge in [0.05, 0.1) is 0 Å². The van der Waals surface area contributed by atoms with Crippen molar-refractivity contribution >= 4 is 5.78 Å². The molecular formula is C28H46O. The van der Waals surface area contributed by atoms with Crippen LogP contribution in [0.15, 0.2) is 11.6 Å². The molecule has 0 aromatic carbocycles. The van der Waals surface area contributed by atoms with Gasteiger partial charge in [-0.15, -0.1) is 0 Å². The minimum atomic E-state index is 0.313. The summed E-state index contributed by atoms with van der Waals surface area (Å²) in [6.45, 7) is 14.7. The number of fused-ring (bicyclic) bond motifs is 5. The van der Waals surface area contributed by atoms with E-state index in [1.807, 2.05) is 0 Å². The van der Waals surface area contributed by atoms with Crippen LogP contribution in [0.1, 0.15) is 106 Å². The molecule has 0 aliphatic heterocycles. The van der Waals surface area contributed by atoms with Gasteiger partial charge in [-0.2, -0.15) is 0 Å². The van der Waals surface area contributed by atoms with Crippen LogP contribution in [0.5, 0.6) is 0 Å². The van der Waals surface area contributed by atoms with Gasteiger partial charge >= 0.3 is 0 Å². The fourth-order valence-electron chi connectivity index (χ4n) is 8.61. The Labute approximate surface area is 180 Å². The summed E-state index contributed by atoms with van der Waals surface area (Å²) in [7, 11) is 0. The molecule has 1 nitrogen and oxygen atoms in total. The number of carbonyl (C=O) groups is 1. The molecule has 0 aromatic rings. The van der Waals surface area contributed by atoms with Gasteiger partial charge in [0.15, 0.2) is 5.78 Å². The van der Waals surface area contributed by atoms with Crippen molar-refractivity contribution in [3.63, 3.8) is 0 Å². The lowest BCUT2D eigenvalue weighted by Crippen LogP contribution is -2.53. The number of rotatable bonds is 5. The topological polar surface area (TPSA) is 17.1 Å². The molecule has 0 N–H and O–H groups in total. The molecule has 0 bridgehead atoms. The van der Waals surface area contributed by atoms with Gasteiger partial charge < -0.3 is 0 Å². The van der Waals surface area contributed by atoms with Gasteiger partial charge in [-0.3, -0.25) is 4.79 Å². The van der Waals surface area contributed by atoms with Crippen LogP contribution in [0.4, 0.5) is 0 Å². The Kier molecular flexibility index (Phi) is 5.84. The number of ketones is 1. The zero-order chi connectivity index (χ0) is 21.0. The SMILES string of the molecule is CC(C)CCCC(C)C1CCC2C3C(=O)C=C4C[C@@H](C)CC[C@]4(C)C3CC[C@]12C. The molecule has 0 spiro atoms. The maximum Gasteiger partial charge on any atom is 0.159 e. The second-order valence-corrected chi connectivity index (χ2v) is 12.6. The van der Waals surface area contributed by atoms with E-state index in [1.165, 1.54) is 69.8 Å². The minimum absolute atomic E-state index is 0.313. The molecule has 3 saturated carbocycles. The van der Waals surface area contributed by atoms with Crippen molar-refractivity contribution in [2.45, 2.75) is 106 Å². The predicted octanol–water partition coefficient (Wildman–Crippen LogP) is 7.84. The van der Waals surface area contributed by atoms with E-state index >= 15 is 0 Å². The van der Waals surface area contributed by atoms with Gasteiger partial charge in [0.2, 0.25) is 0 Å². The summed E-state index contributed by atoms with van der Waals surface area (Å²) in [5.74, 6) is 5.33. The first kappa shape index (κ1) is 21.6. The van der Waals surface area contributed by atoms with E-state index in [0.29, 0.717) is 34.4 Å². The van der Waals surface area contributed by atoms with Crippen LogP contribution in [-0.4, -0.2) is 5.78 Å². The van der Waals surface area contributed by atoms with E-state index in [1.54, 1.807) is 0 Å². The van der Waals surface area contributed by atoms with E-state index in [4.69, 9.17) is 0 Å². The fraction of sp³-hybridized carbons (Fsp3) is 0.893. The smallest absolute Gasteiger partial charge is 0.159 e. The standard InChI is InChI=1S/C28H46O/c1-18(2)8-7-9-20(4)22-10-11-23-26-24(13-15-28(22,23)6)27(5)14-12-19(3)16-21(27)17-25(26)29/h17-20,22-24,26H,7-16H2,1-6H3/t19-,20?,22?,23?,24?,26?,27-,28+/m0/s1. The Bertz CT molecular complexity index is 659. The van der Waals surface area contributed by atoms with Crippen LogP contribution in [0.25, 0.3) is 0 Å². The summed E-state index contributed by atoms with van der Waals surface area (Å²) in [4.78, 5) is 13.5. The third-order valence-corrected chi connectivity index (χ3v) is 10.4. The average Bonchev–Trinajstić information content (AvgIpc) is 3.00. The number of allylic oxidation sites excluding steroid dienone is 2. The first-order valence-electron chi connectivity index (χ1n) is 12.9. The van der Waals surface area contributed by atoms with Gasteiger partial charge in [-0.25, -0.2) is 0 Å². The van der Waals surface area contributed by atoms with Crippen LogP contribution in [-0.2, 0) is 4.79 Å². The molecular weight excluding hydrogens is 352 g/mol. The van der Waals surface area contributed by atoms with Gasteiger partial charge in [-0.05, 0) is 97.4 Å². The van der Waals surface area contributed by atoms with Crippen molar-refractivity contribution in [2.24, 2.45) is 52.3 Å². The molecule has 0 radical (unpaired) electrons. The highest BCUT2D eigenvalue weighted by atomic mass is 16.1. The molecule has 0 aromatic heterocycles. The highest BCUT2D eigenvalue weighted by molar-refractivity contribution is 5.94. The van der Waals surface area contributed by atoms with Crippen LogP contribution in [0, 0.1) is 52.3 Å². The molecule has 4 aliphatic rings. The fourth-order valence-corrected chi connectivity index (χ4v) is 8.61. The average molecular weight is 399 g/mol. The second kappa shape index (κ2) is 7.83. The lowest BCUT2D eigenvalue weighted by Gasteiger charge is -2.57. The monoisotopic (exact) mass is 398 g/mol. The van der Waals surface area contributed by atoms with E-state index in [0.717, 1.165) is 23.7 Å². The largest absolute Gasteiger partial charge is 0.295 e. The van der Waals surface area contributed by atoms with Crippen LogP contribution < -0.4 is 0 Å². The molecule has 0 saturated heterocycles. The zero-order valence-corrected chi connectivity index (χ0v) is 20.1. The third-order valence-electron chi connectivity index (χ3n) is 10.4. The summed E-state index contributed by atoms with van der Waals surface area (Å²) in [5, 5.41) is 0. The van der Waals surface area contributed by atoms with Crippen molar-refractivity contribution in [1.29, 1.82) is 0 Å². The van der Waals surface area contributed by atoms with Crippen molar-refractivity contribution in [1.82, 2.24) is 0 Å². The Morgan fingerprint density at radius 1 is 1.00 bits per heavy atom. The number of hydrogen-bond donors (Lipinski definition) is 0. The van der Waals surface area contributed by atoms with E-state index in [9.17, 15) is 4.79 Å². The summed E-state index contributed by atoms with van der Waals surface area (Å²) in [5.41, 5.74) is 2.23. The van der Waals surface area contributed by atoms with Crippen LogP contribution >= 0.6 is 0 Å². The van der Waals surface area contributed by atoms with Crippen LogP contribution in [0.2, 0.25) is 0 Å². The third kappa shape index (κ3) is 3.57. The summed E-state index contributed by atoms with van der Waals surface area (Å²) in [6, 6.07) is 0. The molecule has 0 amide bonds. The minimum Gasteiger partial charge on any atom is -0.295 e. The number of carbonyl (C=O) groups excluding carboxylic acids is 1. The molecule has 1 heteroatoms. The van der Waals surface area contributed by atoms with Crippen molar-refractivity contribution < 1.29 is 4.79 Å². The van der Waals surface area contributed by atoms with Crippen molar-refractivity contribution in [3.8, 4) is 0 Å². The highest BCUT2D eigenvalue weighted by Crippen LogP contribution is 2.66. The molecule has 5 unspecified atom stereocenters. The molecule has 4 rings (SSSR count). The molecule has 8 atom stereocenters. The molecule has 3 fully saturated rings. The zero-order valence-electron chi connectivity index (χ0n) is 20.1. The summed E-state index contributed by atoms with van der Waals surface area (Å²) in [6.07, 6.45) is 15.4. The van der Waals surface area contributed by atoms with Gasteiger partial charge in [0.25, 0.3) is 0 Å². The normalized spacial score (nSPS) is 45.4. The molecule has 0 heterocycles. The first-order chi connectivity index (χ1) is 13.7. The molecule has 4 aliphatic carbocycles. The van der Waals surface area contributed by atoms with Gasteiger partial charge in [-0.1, -0.05) is 66.4 Å². The lowest BCUT2D eigenvalue weighted by molar-refractivity contribution is -0.134. The summed E-state index contributed by atoms with van der Waals surface area (Å²) >= 11 is 0. The Morgan fingerprint density at radius 2 is 1.76 bits per heavy atom. The molecule has 164 valence electrons. The summed E-state index contributed by atoms with van der Waals surface area (Å²) < 4.78 is 0. The Morgan fingerprint density at radius 3 is 2.48 bits per heavy atom.